The van der Waals surface area contributed by atoms with Crippen LogP contribution in [0.25, 0.3) is 0 Å². The summed E-state index contributed by atoms with van der Waals surface area (Å²) in [5.74, 6) is -0.228. The predicted molar refractivity (Wildman–Crippen MR) is 100 cm³/mol. The van der Waals surface area contributed by atoms with E-state index < -0.39 is 17.0 Å². The molecule has 8 nitrogen and oxygen atoms in total. The van der Waals surface area contributed by atoms with Gasteiger partial charge in [-0.25, -0.2) is 4.79 Å². The molecule has 140 valence electrons. The van der Waals surface area contributed by atoms with Gasteiger partial charge in [0.25, 0.3) is 5.69 Å². The number of hydrogen-bond donors (Lipinski definition) is 2. The largest absolute Gasteiger partial charge is 0.350 e. The van der Waals surface area contributed by atoms with Crippen LogP contribution in [0.1, 0.15) is 18.4 Å². The van der Waals surface area contributed by atoms with Gasteiger partial charge < -0.3 is 15.5 Å². The molecule has 1 heterocycles. The zero-order valence-corrected chi connectivity index (χ0v) is 14.6. The summed E-state index contributed by atoms with van der Waals surface area (Å²) < 4.78 is 0. The Morgan fingerprint density at radius 2 is 1.81 bits per heavy atom. The zero-order valence-electron chi connectivity index (χ0n) is 14.6. The highest BCUT2D eigenvalue weighted by Crippen LogP contribution is 2.25. The van der Waals surface area contributed by atoms with Crippen LogP contribution in [0.15, 0.2) is 54.6 Å². The van der Waals surface area contributed by atoms with Crippen LogP contribution < -0.4 is 10.6 Å². The Labute approximate surface area is 156 Å². The molecule has 1 aliphatic rings. The summed E-state index contributed by atoms with van der Waals surface area (Å²) in [4.78, 5) is 37.1. The maximum absolute atomic E-state index is 12.6. The Morgan fingerprint density at radius 3 is 2.56 bits per heavy atom. The molecule has 2 N–H and O–H groups in total. The van der Waals surface area contributed by atoms with E-state index in [9.17, 15) is 19.7 Å². The van der Waals surface area contributed by atoms with Crippen LogP contribution in [0.4, 0.5) is 16.2 Å². The second kappa shape index (κ2) is 8.31. The van der Waals surface area contributed by atoms with E-state index in [0.29, 0.717) is 25.9 Å². The number of anilines is 1. The van der Waals surface area contributed by atoms with E-state index in [1.54, 1.807) is 6.07 Å². The summed E-state index contributed by atoms with van der Waals surface area (Å²) in [6.45, 7) is 0.811. The average molecular weight is 368 g/mol. The van der Waals surface area contributed by atoms with E-state index >= 15 is 0 Å². The molecule has 0 bridgehead atoms. The van der Waals surface area contributed by atoms with E-state index in [4.69, 9.17) is 0 Å². The smallest absolute Gasteiger partial charge is 0.322 e. The zero-order chi connectivity index (χ0) is 19.2. The summed E-state index contributed by atoms with van der Waals surface area (Å²) in [6.07, 6.45) is 1.26. The Hall–Kier alpha value is -3.42. The number of likely N-dealkylation sites (tertiary alicyclic amines) is 1. The first-order valence-corrected chi connectivity index (χ1v) is 8.69. The number of nitrogens with one attached hydrogen (secondary N) is 2. The van der Waals surface area contributed by atoms with Crippen molar-refractivity contribution < 1.29 is 14.5 Å². The fraction of sp³-hybridized carbons (Fsp3) is 0.263. The molecule has 2 aromatic carbocycles. The second-order valence-corrected chi connectivity index (χ2v) is 6.26. The van der Waals surface area contributed by atoms with Crippen LogP contribution in [0.3, 0.4) is 0 Å². The molecule has 1 aliphatic heterocycles. The van der Waals surface area contributed by atoms with E-state index in [2.05, 4.69) is 10.6 Å². The second-order valence-electron chi connectivity index (χ2n) is 6.26. The van der Waals surface area contributed by atoms with Gasteiger partial charge in [-0.3, -0.25) is 14.9 Å². The van der Waals surface area contributed by atoms with Gasteiger partial charge >= 0.3 is 6.03 Å². The molecular formula is C19H20N4O4. The molecule has 3 rings (SSSR count). The van der Waals surface area contributed by atoms with Gasteiger partial charge in [0.15, 0.2) is 0 Å². The number of carbonyl (C=O) groups excluding carboxylic acids is 2. The number of amides is 3. The number of para-hydroxylation sites is 2. The molecule has 27 heavy (non-hydrogen) atoms. The van der Waals surface area contributed by atoms with E-state index in [1.165, 1.54) is 23.1 Å². The fourth-order valence-corrected chi connectivity index (χ4v) is 3.11. The van der Waals surface area contributed by atoms with Crippen molar-refractivity contribution >= 4 is 23.3 Å². The van der Waals surface area contributed by atoms with Crippen LogP contribution >= 0.6 is 0 Å². The van der Waals surface area contributed by atoms with E-state index in [-0.39, 0.29) is 17.3 Å². The Balaban J connectivity index is 1.64. The van der Waals surface area contributed by atoms with Crippen molar-refractivity contribution in [3.8, 4) is 0 Å². The van der Waals surface area contributed by atoms with Gasteiger partial charge in [0.05, 0.1) is 4.92 Å². The van der Waals surface area contributed by atoms with Crippen LogP contribution in [0, 0.1) is 10.1 Å². The van der Waals surface area contributed by atoms with E-state index in [1.807, 2.05) is 30.3 Å². The monoisotopic (exact) mass is 368 g/mol. The molecule has 0 saturated carbocycles. The van der Waals surface area contributed by atoms with Gasteiger partial charge in [-0.2, -0.15) is 0 Å². The predicted octanol–water partition coefficient (Wildman–Crippen LogP) is 2.91. The average Bonchev–Trinajstić information content (AvgIpc) is 3.17. The molecule has 0 unspecified atom stereocenters. The Bertz CT molecular complexity index is 841. The van der Waals surface area contributed by atoms with Crippen molar-refractivity contribution in [2.75, 3.05) is 11.9 Å². The molecule has 1 saturated heterocycles. The van der Waals surface area contributed by atoms with Crippen molar-refractivity contribution in [1.29, 1.82) is 0 Å². The van der Waals surface area contributed by atoms with Crippen LogP contribution in [0.2, 0.25) is 0 Å². The number of benzene rings is 2. The molecule has 0 aromatic heterocycles. The van der Waals surface area contributed by atoms with Crippen molar-refractivity contribution in [3.05, 3.63) is 70.3 Å². The topological polar surface area (TPSA) is 105 Å². The standard InChI is InChI=1S/C19H20N4O4/c24-18(20-13-14-7-2-1-3-8-14)17-11-6-12-22(17)19(25)21-15-9-4-5-10-16(15)23(26)27/h1-5,7-10,17H,6,11-13H2,(H,20,24)(H,21,25)/t17-/m0/s1. The van der Waals surface area contributed by atoms with Crippen LogP contribution in [-0.2, 0) is 11.3 Å². The van der Waals surface area contributed by atoms with Gasteiger partial charge in [-0.15, -0.1) is 0 Å². The van der Waals surface area contributed by atoms with Crippen LogP contribution in [-0.4, -0.2) is 34.3 Å². The van der Waals surface area contributed by atoms with Crippen molar-refractivity contribution in [1.82, 2.24) is 10.2 Å². The van der Waals surface area contributed by atoms with Gasteiger partial charge in [-0.05, 0) is 24.5 Å². The number of nitro benzene ring substituents is 1. The third-order valence-electron chi connectivity index (χ3n) is 4.47. The number of urea groups is 1. The lowest BCUT2D eigenvalue weighted by atomic mass is 10.2. The molecular weight excluding hydrogens is 348 g/mol. The lowest BCUT2D eigenvalue weighted by Crippen LogP contribution is -2.47. The van der Waals surface area contributed by atoms with Gasteiger partial charge in [0, 0.05) is 19.2 Å². The first kappa shape index (κ1) is 18.4. The lowest BCUT2D eigenvalue weighted by Gasteiger charge is -2.24. The highest BCUT2D eigenvalue weighted by Gasteiger charge is 2.34. The van der Waals surface area contributed by atoms with Gasteiger partial charge in [-0.1, -0.05) is 42.5 Å². The Kier molecular flexibility index (Phi) is 5.65. The minimum atomic E-state index is -0.587. The number of carbonyl (C=O) groups is 2. The van der Waals surface area contributed by atoms with Gasteiger partial charge in [0.1, 0.15) is 11.7 Å². The molecule has 2 aromatic rings. The highest BCUT2D eigenvalue weighted by molar-refractivity contribution is 5.95. The van der Waals surface area contributed by atoms with Crippen molar-refractivity contribution in [2.45, 2.75) is 25.4 Å². The number of hydrogen-bond acceptors (Lipinski definition) is 4. The van der Waals surface area contributed by atoms with Crippen molar-refractivity contribution in [3.63, 3.8) is 0 Å². The maximum Gasteiger partial charge on any atom is 0.322 e. The highest BCUT2D eigenvalue weighted by atomic mass is 16.6. The summed E-state index contributed by atoms with van der Waals surface area (Å²) >= 11 is 0. The summed E-state index contributed by atoms with van der Waals surface area (Å²) in [7, 11) is 0. The van der Waals surface area contributed by atoms with Crippen LogP contribution in [0.5, 0.6) is 0 Å². The lowest BCUT2D eigenvalue weighted by molar-refractivity contribution is -0.383. The third-order valence-corrected chi connectivity index (χ3v) is 4.47. The molecule has 1 atom stereocenters. The molecule has 8 heteroatoms. The number of nitro groups is 1. The minimum absolute atomic E-state index is 0.114. The number of nitrogens with zero attached hydrogens (tertiary/aromatic N) is 2. The van der Waals surface area contributed by atoms with Gasteiger partial charge in [0.2, 0.25) is 5.91 Å². The quantitative estimate of drug-likeness (QED) is 0.625. The molecule has 3 amide bonds. The third kappa shape index (κ3) is 4.41. The van der Waals surface area contributed by atoms with Crippen molar-refractivity contribution in [2.24, 2.45) is 0 Å². The molecule has 1 fully saturated rings. The minimum Gasteiger partial charge on any atom is -0.350 e. The SMILES string of the molecule is O=C(NCc1ccccc1)[C@@H]1CCCN1C(=O)Nc1ccccc1[N+](=O)[O-]. The normalized spacial score (nSPS) is 16.0. The Morgan fingerprint density at radius 1 is 1.11 bits per heavy atom. The number of rotatable bonds is 5. The fourth-order valence-electron chi connectivity index (χ4n) is 3.11. The molecule has 0 aliphatic carbocycles. The van der Waals surface area contributed by atoms with E-state index in [0.717, 1.165) is 5.56 Å². The summed E-state index contributed by atoms with van der Waals surface area (Å²) in [6, 6.07) is 14.3. The first-order chi connectivity index (χ1) is 13.1. The maximum atomic E-state index is 12.6. The summed E-state index contributed by atoms with van der Waals surface area (Å²) in [5, 5.41) is 16.5. The first-order valence-electron chi connectivity index (χ1n) is 8.69. The molecule has 0 radical (unpaired) electrons. The summed E-state index contributed by atoms with van der Waals surface area (Å²) in [5.41, 5.74) is 0.901. The molecule has 0 spiro atoms.